The summed E-state index contributed by atoms with van der Waals surface area (Å²) in [4.78, 5) is 36.2. The van der Waals surface area contributed by atoms with E-state index in [9.17, 15) is 14.9 Å². The fraction of sp³-hybridized carbons (Fsp3) is 0.400. The van der Waals surface area contributed by atoms with Crippen molar-refractivity contribution < 1.29 is 4.79 Å². The summed E-state index contributed by atoms with van der Waals surface area (Å²) in [6.45, 7) is 5.82. The first kappa shape index (κ1) is 25.7. The predicted octanol–water partition coefficient (Wildman–Crippen LogP) is 3.68. The Morgan fingerprint density at radius 2 is 1.82 bits per heavy atom. The second-order valence-electron chi connectivity index (χ2n) is 10.3. The molecule has 1 N–H and O–H groups in total. The number of aromatic nitrogens is 2. The molecule has 1 saturated heterocycles. The monoisotopic (exact) mass is 510 g/mol. The molecule has 2 aliphatic rings. The molecule has 2 aromatic heterocycles. The third-order valence-electron chi connectivity index (χ3n) is 7.58. The van der Waals surface area contributed by atoms with Crippen LogP contribution < -0.4 is 15.8 Å². The van der Waals surface area contributed by atoms with E-state index in [0.29, 0.717) is 24.6 Å². The third kappa shape index (κ3) is 5.63. The lowest BCUT2D eigenvalue weighted by molar-refractivity contribution is -0.117. The SMILES string of the molecule is Cc1cccn2c(=O)c(/C=C(\C#N)C(=O)NC3CCCCC3)c(N3CCN(Cc4ccccc4)CC3)nc12. The fourth-order valence-electron chi connectivity index (χ4n) is 5.43. The Bertz CT molecular complexity index is 1420. The lowest BCUT2D eigenvalue weighted by Gasteiger charge is -2.36. The van der Waals surface area contributed by atoms with E-state index in [4.69, 9.17) is 4.98 Å². The lowest BCUT2D eigenvalue weighted by Crippen LogP contribution is -2.47. The molecule has 1 aliphatic carbocycles. The Labute approximate surface area is 223 Å². The van der Waals surface area contributed by atoms with E-state index in [1.165, 1.54) is 22.5 Å². The summed E-state index contributed by atoms with van der Waals surface area (Å²) in [6.07, 6.45) is 8.29. The zero-order valence-corrected chi connectivity index (χ0v) is 21.9. The Morgan fingerprint density at radius 3 is 2.53 bits per heavy atom. The molecule has 0 radical (unpaired) electrons. The highest BCUT2D eigenvalue weighted by atomic mass is 16.2. The maximum Gasteiger partial charge on any atom is 0.267 e. The average Bonchev–Trinajstić information content (AvgIpc) is 2.94. The van der Waals surface area contributed by atoms with Crippen molar-refractivity contribution in [1.29, 1.82) is 5.26 Å². The van der Waals surface area contributed by atoms with E-state index >= 15 is 0 Å². The number of benzene rings is 1. The number of hydrogen-bond acceptors (Lipinski definition) is 6. The van der Waals surface area contributed by atoms with Gasteiger partial charge in [-0.25, -0.2) is 4.98 Å². The number of fused-ring (bicyclic) bond motifs is 1. The van der Waals surface area contributed by atoms with Gasteiger partial charge in [0.15, 0.2) is 0 Å². The quantitative estimate of drug-likeness (QED) is 0.402. The van der Waals surface area contributed by atoms with Crippen molar-refractivity contribution >= 4 is 23.4 Å². The largest absolute Gasteiger partial charge is 0.353 e. The molecule has 0 unspecified atom stereocenters. The van der Waals surface area contributed by atoms with E-state index < -0.39 is 5.91 Å². The second-order valence-corrected chi connectivity index (χ2v) is 10.3. The Kier molecular flexibility index (Phi) is 7.85. The van der Waals surface area contributed by atoms with E-state index in [1.807, 2.05) is 31.2 Å². The highest BCUT2D eigenvalue weighted by Gasteiger charge is 2.25. The number of amides is 1. The molecule has 196 valence electrons. The Morgan fingerprint density at radius 1 is 1.08 bits per heavy atom. The van der Waals surface area contributed by atoms with Gasteiger partial charge in [-0.1, -0.05) is 55.7 Å². The summed E-state index contributed by atoms with van der Waals surface area (Å²) in [6, 6.07) is 16.2. The minimum absolute atomic E-state index is 0.0639. The number of hydrogen-bond donors (Lipinski definition) is 1. The van der Waals surface area contributed by atoms with Crippen LogP contribution in [0.25, 0.3) is 11.7 Å². The maximum atomic E-state index is 13.7. The Hall–Kier alpha value is -3.96. The van der Waals surface area contributed by atoms with Gasteiger partial charge in [-0.05, 0) is 43.0 Å². The molecule has 5 rings (SSSR count). The van der Waals surface area contributed by atoms with Crippen LogP contribution in [0.1, 0.15) is 48.8 Å². The molecule has 1 saturated carbocycles. The molecule has 38 heavy (non-hydrogen) atoms. The van der Waals surface area contributed by atoms with Crippen LogP contribution in [0.5, 0.6) is 0 Å². The molecule has 8 heteroatoms. The van der Waals surface area contributed by atoms with Gasteiger partial charge in [0.1, 0.15) is 23.1 Å². The summed E-state index contributed by atoms with van der Waals surface area (Å²) in [5.41, 5.74) is 2.68. The number of aryl methyl sites for hydroxylation is 1. The average molecular weight is 511 g/mol. The first-order valence-electron chi connectivity index (χ1n) is 13.5. The number of anilines is 1. The van der Waals surface area contributed by atoms with Crippen molar-refractivity contribution in [1.82, 2.24) is 19.6 Å². The normalized spacial score (nSPS) is 17.4. The van der Waals surface area contributed by atoms with E-state index in [1.54, 1.807) is 6.20 Å². The zero-order chi connectivity index (χ0) is 26.5. The number of nitriles is 1. The number of carbonyl (C=O) groups excluding carboxylic acids is 1. The summed E-state index contributed by atoms with van der Waals surface area (Å²) in [7, 11) is 0. The van der Waals surface area contributed by atoms with Gasteiger partial charge in [0.25, 0.3) is 11.5 Å². The molecule has 1 amide bonds. The first-order chi connectivity index (χ1) is 18.5. The third-order valence-corrected chi connectivity index (χ3v) is 7.58. The molecule has 0 atom stereocenters. The number of rotatable bonds is 6. The topological polar surface area (TPSA) is 93.7 Å². The highest BCUT2D eigenvalue weighted by molar-refractivity contribution is 6.02. The first-order valence-corrected chi connectivity index (χ1v) is 13.5. The van der Waals surface area contributed by atoms with Crippen LogP contribution in [0.2, 0.25) is 0 Å². The van der Waals surface area contributed by atoms with Crippen molar-refractivity contribution in [2.75, 3.05) is 31.1 Å². The van der Waals surface area contributed by atoms with Crippen molar-refractivity contribution in [2.24, 2.45) is 0 Å². The van der Waals surface area contributed by atoms with Gasteiger partial charge in [0.2, 0.25) is 0 Å². The Balaban J connectivity index is 1.46. The minimum atomic E-state index is -0.424. The van der Waals surface area contributed by atoms with Gasteiger partial charge in [0.05, 0.1) is 5.56 Å². The highest BCUT2D eigenvalue weighted by Crippen LogP contribution is 2.23. The van der Waals surface area contributed by atoms with Crippen LogP contribution in [0.3, 0.4) is 0 Å². The molecule has 1 aliphatic heterocycles. The number of carbonyl (C=O) groups is 1. The molecule has 2 fully saturated rings. The number of nitrogens with zero attached hydrogens (tertiary/aromatic N) is 5. The standard InChI is InChI=1S/C30H34N6O2/c1-22-9-8-14-36-27(22)33-28(35-17-15-34(16-18-35)21-23-10-4-2-5-11-23)26(30(36)38)19-24(20-31)29(37)32-25-12-6-3-7-13-25/h2,4-5,8-11,14,19,25H,3,6-7,12-13,15-18,21H2,1H3,(H,32,37)/b24-19+. The van der Waals surface area contributed by atoms with Crippen LogP contribution in [0, 0.1) is 18.3 Å². The fourth-order valence-corrected chi connectivity index (χ4v) is 5.43. The van der Waals surface area contributed by atoms with Crippen LogP contribution in [0.15, 0.2) is 59.0 Å². The van der Waals surface area contributed by atoms with Crippen LogP contribution >= 0.6 is 0 Å². The maximum absolute atomic E-state index is 13.7. The number of piperazine rings is 1. The molecule has 0 bridgehead atoms. The molecular weight excluding hydrogens is 476 g/mol. The van der Waals surface area contributed by atoms with Gasteiger partial charge in [0, 0.05) is 45.0 Å². The molecule has 3 aromatic rings. The van der Waals surface area contributed by atoms with Crippen molar-refractivity contribution in [3.8, 4) is 6.07 Å². The summed E-state index contributed by atoms with van der Waals surface area (Å²) < 4.78 is 1.50. The van der Waals surface area contributed by atoms with Gasteiger partial charge >= 0.3 is 0 Å². The molecular formula is C30H34N6O2. The molecule has 8 nitrogen and oxygen atoms in total. The minimum Gasteiger partial charge on any atom is -0.353 e. The van der Waals surface area contributed by atoms with Crippen molar-refractivity contribution in [2.45, 2.75) is 51.6 Å². The summed E-state index contributed by atoms with van der Waals surface area (Å²) in [5.74, 6) is 0.105. The lowest BCUT2D eigenvalue weighted by atomic mass is 9.95. The second kappa shape index (κ2) is 11.6. The van der Waals surface area contributed by atoms with Crippen molar-refractivity contribution in [3.05, 3.63) is 81.3 Å². The molecule has 3 heterocycles. The smallest absolute Gasteiger partial charge is 0.267 e. The van der Waals surface area contributed by atoms with E-state index in [2.05, 4.69) is 39.4 Å². The molecule has 1 aromatic carbocycles. The molecule has 0 spiro atoms. The van der Waals surface area contributed by atoms with E-state index in [0.717, 1.165) is 50.9 Å². The van der Waals surface area contributed by atoms with Gasteiger partial charge < -0.3 is 10.2 Å². The van der Waals surface area contributed by atoms with Crippen LogP contribution in [-0.2, 0) is 11.3 Å². The van der Waals surface area contributed by atoms with Gasteiger partial charge in [-0.3, -0.25) is 18.9 Å². The zero-order valence-electron chi connectivity index (χ0n) is 21.9. The summed E-state index contributed by atoms with van der Waals surface area (Å²) >= 11 is 0. The van der Waals surface area contributed by atoms with Crippen molar-refractivity contribution in [3.63, 3.8) is 0 Å². The summed E-state index contributed by atoms with van der Waals surface area (Å²) in [5, 5.41) is 12.9. The van der Waals surface area contributed by atoms with Gasteiger partial charge in [-0.15, -0.1) is 0 Å². The number of nitrogens with one attached hydrogen (secondary N) is 1. The number of pyridine rings is 1. The van der Waals surface area contributed by atoms with Gasteiger partial charge in [-0.2, -0.15) is 5.26 Å². The van der Waals surface area contributed by atoms with E-state index in [-0.39, 0.29) is 22.7 Å². The van der Waals surface area contributed by atoms with Crippen LogP contribution in [0.4, 0.5) is 5.82 Å². The van der Waals surface area contributed by atoms with Crippen LogP contribution in [-0.4, -0.2) is 52.4 Å². The predicted molar refractivity (Wildman–Crippen MR) is 149 cm³/mol.